The van der Waals surface area contributed by atoms with Crippen molar-refractivity contribution in [3.8, 4) is 0 Å². The van der Waals surface area contributed by atoms with Crippen LogP contribution in [0.3, 0.4) is 0 Å². The molecule has 1 saturated heterocycles. The van der Waals surface area contributed by atoms with E-state index in [9.17, 15) is 9.18 Å². The number of rotatable bonds is 9. The van der Waals surface area contributed by atoms with Gasteiger partial charge < -0.3 is 21.1 Å². The molecule has 4 rings (SSSR count). The van der Waals surface area contributed by atoms with Crippen molar-refractivity contribution >= 4 is 12.1 Å². The molecule has 1 aromatic carbocycles. The van der Waals surface area contributed by atoms with E-state index >= 15 is 0 Å². The molecule has 2 aliphatic carbocycles. The van der Waals surface area contributed by atoms with Crippen molar-refractivity contribution in [1.82, 2.24) is 10.6 Å². The molecule has 0 atom stereocenters. The maximum atomic E-state index is 14.5. The van der Waals surface area contributed by atoms with Gasteiger partial charge >= 0.3 is 0 Å². The zero-order valence-electron chi connectivity index (χ0n) is 24.1. The van der Waals surface area contributed by atoms with Crippen LogP contribution in [0.25, 0.3) is 0 Å². The maximum Gasteiger partial charge on any atom is 0.251 e. The third-order valence-corrected chi connectivity index (χ3v) is 8.49. The molecule has 1 aliphatic heterocycles. The number of carbonyl (C=O) groups excluding carboxylic acids is 1. The van der Waals surface area contributed by atoms with Crippen LogP contribution in [0.4, 0.5) is 4.39 Å². The van der Waals surface area contributed by atoms with E-state index in [1.807, 2.05) is 19.9 Å². The number of ether oxygens (including phenoxy) is 1. The lowest BCUT2D eigenvalue weighted by Gasteiger charge is -2.50. The normalized spacial score (nSPS) is 27.1. The van der Waals surface area contributed by atoms with E-state index in [1.54, 1.807) is 18.4 Å². The lowest BCUT2D eigenvalue weighted by atomic mass is 9.56. The van der Waals surface area contributed by atoms with E-state index in [1.165, 1.54) is 37.8 Å². The molecule has 1 spiro atoms. The van der Waals surface area contributed by atoms with Crippen molar-refractivity contribution in [3.63, 3.8) is 0 Å². The number of benzene rings is 1. The molecule has 1 heterocycles. The molecule has 1 aromatic rings. The molecule has 6 nitrogen and oxygen atoms in total. The first-order valence-corrected chi connectivity index (χ1v) is 14.3. The monoisotopic (exact) mass is 546 g/mol. The second-order valence-electron chi connectivity index (χ2n) is 11.7. The van der Waals surface area contributed by atoms with Crippen LogP contribution in [0.15, 0.2) is 82.5 Å². The Hall–Kier alpha value is -3.61. The van der Waals surface area contributed by atoms with Gasteiger partial charge in [0.25, 0.3) is 5.91 Å². The minimum Gasteiger partial charge on any atom is -0.492 e. The highest BCUT2D eigenvalue weighted by Gasteiger charge is 2.44. The zero-order chi connectivity index (χ0) is 28.9. The Balaban J connectivity index is 1.42. The Kier molecular flexibility index (Phi) is 9.33. The summed E-state index contributed by atoms with van der Waals surface area (Å²) in [6.45, 7) is 14.7. The Morgan fingerprint density at radius 1 is 1.25 bits per heavy atom. The van der Waals surface area contributed by atoms with Crippen molar-refractivity contribution in [3.05, 3.63) is 94.4 Å². The summed E-state index contributed by atoms with van der Waals surface area (Å²) < 4.78 is 20.5. The average Bonchev–Trinajstić information content (AvgIpc) is 3.37. The molecule has 3 aliphatic rings. The summed E-state index contributed by atoms with van der Waals surface area (Å²) in [7, 11) is 0. The minimum atomic E-state index is -0.415. The number of carbonyl (C=O) groups is 1. The Bertz CT molecular complexity index is 1270. The van der Waals surface area contributed by atoms with Gasteiger partial charge in [-0.3, -0.25) is 4.79 Å². The molecule has 40 heavy (non-hydrogen) atoms. The van der Waals surface area contributed by atoms with Gasteiger partial charge in [-0.05, 0) is 99.1 Å². The highest BCUT2D eigenvalue weighted by molar-refractivity contribution is 5.94. The summed E-state index contributed by atoms with van der Waals surface area (Å²) in [5, 5.41) is 6.56. The molecule has 214 valence electrons. The van der Waals surface area contributed by atoms with Gasteiger partial charge in [0.05, 0.1) is 6.61 Å². The number of nitrogens with one attached hydrogen (secondary N) is 2. The van der Waals surface area contributed by atoms with Gasteiger partial charge in [-0.1, -0.05) is 26.2 Å². The third kappa shape index (κ3) is 7.12. The van der Waals surface area contributed by atoms with Crippen LogP contribution in [0.5, 0.6) is 0 Å². The zero-order valence-corrected chi connectivity index (χ0v) is 24.1. The Labute approximate surface area is 238 Å². The lowest BCUT2D eigenvalue weighted by molar-refractivity contribution is 0.0152. The van der Waals surface area contributed by atoms with E-state index in [-0.39, 0.29) is 17.8 Å². The minimum absolute atomic E-state index is 0.162. The smallest absolute Gasteiger partial charge is 0.251 e. The molecule has 0 radical (unpaired) electrons. The molecule has 7 heteroatoms. The molecule has 2 saturated carbocycles. The SMILES string of the molecule is C=CC(=C1/OCC/C1=C(/C)NCc1cc(F)cc(C(=O)NC2CCC3(CC2)CC(C)C3)c1)/C(C)=C/C=N\C(=C)N. The van der Waals surface area contributed by atoms with Gasteiger partial charge in [0.1, 0.15) is 17.4 Å². The van der Waals surface area contributed by atoms with Crippen LogP contribution in [-0.2, 0) is 11.3 Å². The van der Waals surface area contributed by atoms with Crippen LogP contribution in [0.2, 0.25) is 0 Å². The molecule has 1 amide bonds. The van der Waals surface area contributed by atoms with Gasteiger partial charge in [-0.2, -0.15) is 0 Å². The second-order valence-corrected chi connectivity index (χ2v) is 11.7. The Morgan fingerprint density at radius 2 is 1.98 bits per heavy atom. The van der Waals surface area contributed by atoms with E-state index in [0.717, 1.165) is 53.4 Å². The summed E-state index contributed by atoms with van der Waals surface area (Å²) in [5.41, 5.74) is 10.9. The fourth-order valence-electron chi connectivity index (χ4n) is 6.52. The number of hydrogen-bond acceptors (Lipinski definition) is 5. The van der Waals surface area contributed by atoms with Crippen molar-refractivity contribution in [1.29, 1.82) is 0 Å². The van der Waals surface area contributed by atoms with Crippen molar-refractivity contribution in [2.24, 2.45) is 22.1 Å². The average molecular weight is 547 g/mol. The van der Waals surface area contributed by atoms with Crippen molar-refractivity contribution < 1.29 is 13.9 Å². The van der Waals surface area contributed by atoms with Gasteiger partial charge in [0.2, 0.25) is 0 Å². The van der Waals surface area contributed by atoms with Gasteiger partial charge in [0, 0.05) is 47.6 Å². The molecule has 0 aromatic heterocycles. The van der Waals surface area contributed by atoms with Gasteiger partial charge in [0.15, 0.2) is 0 Å². The van der Waals surface area contributed by atoms with Gasteiger partial charge in [-0.25, -0.2) is 9.38 Å². The summed E-state index contributed by atoms with van der Waals surface area (Å²) in [6, 6.07) is 4.73. The van der Waals surface area contributed by atoms with Crippen LogP contribution >= 0.6 is 0 Å². The number of hydrogen-bond donors (Lipinski definition) is 3. The highest BCUT2D eigenvalue weighted by atomic mass is 19.1. The van der Waals surface area contributed by atoms with Crippen LogP contribution < -0.4 is 16.4 Å². The topological polar surface area (TPSA) is 88.7 Å². The molecule has 0 unspecified atom stereocenters. The summed E-state index contributed by atoms with van der Waals surface area (Å²) >= 11 is 0. The molecule has 4 N–H and O–H groups in total. The fourth-order valence-corrected chi connectivity index (χ4v) is 6.52. The standard InChI is InChI=1S/C33H43FN4O2/c1-6-29(22(3)9-13-36-24(5)35)31-30(10-14-40-31)23(4)37-20-25-15-26(17-27(34)16-25)32(39)38-28-7-11-33(12-8-28)18-21(2)19-33/h6,9,13,15-17,21,28,37H,1,5,7-8,10-12,14,18-20,35H2,2-4H3,(H,38,39)/b22-9+,30-23+,31-29-,36-13-. The predicted molar refractivity (Wildman–Crippen MR) is 160 cm³/mol. The predicted octanol–water partition coefficient (Wildman–Crippen LogP) is 6.59. The first-order valence-electron chi connectivity index (χ1n) is 14.3. The first-order chi connectivity index (χ1) is 19.1. The maximum absolute atomic E-state index is 14.5. The first kappa shape index (κ1) is 29.4. The van der Waals surface area contributed by atoms with E-state index in [0.29, 0.717) is 29.7 Å². The van der Waals surface area contributed by atoms with Crippen LogP contribution in [0, 0.1) is 17.2 Å². The number of halogens is 1. The number of nitrogens with two attached hydrogens (primary N) is 1. The van der Waals surface area contributed by atoms with E-state index in [2.05, 4.69) is 35.7 Å². The third-order valence-electron chi connectivity index (χ3n) is 8.49. The molecule has 3 fully saturated rings. The molecular weight excluding hydrogens is 503 g/mol. The number of aliphatic imine (C=N–C) groups is 1. The second kappa shape index (κ2) is 12.7. The van der Waals surface area contributed by atoms with E-state index in [4.69, 9.17) is 10.5 Å². The highest BCUT2D eigenvalue weighted by Crippen LogP contribution is 2.54. The van der Waals surface area contributed by atoms with Crippen molar-refractivity contribution in [2.45, 2.75) is 78.3 Å². The summed E-state index contributed by atoms with van der Waals surface area (Å²) in [6.07, 6.45) is 12.9. The number of allylic oxidation sites excluding steroid dienone is 6. The number of nitrogens with zero attached hydrogens (tertiary/aromatic N) is 1. The largest absolute Gasteiger partial charge is 0.492 e. The lowest BCUT2D eigenvalue weighted by Crippen LogP contribution is -2.45. The summed E-state index contributed by atoms with van der Waals surface area (Å²) in [4.78, 5) is 17.0. The molecule has 0 bridgehead atoms. The molecular formula is C33H43FN4O2. The van der Waals surface area contributed by atoms with Crippen LogP contribution in [-0.4, -0.2) is 24.8 Å². The Morgan fingerprint density at radius 3 is 2.62 bits per heavy atom. The quantitative estimate of drug-likeness (QED) is 0.305. The summed E-state index contributed by atoms with van der Waals surface area (Å²) in [5.74, 6) is 1.22. The van der Waals surface area contributed by atoms with Crippen LogP contribution in [0.1, 0.15) is 81.6 Å². The van der Waals surface area contributed by atoms with E-state index < -0.39 is 5.82 Å². The number of amides is 1. The fraction of sp³-hybridized carbons (Fsp3) is 0.455. The van der Waals surface area contributed by atoms with Crippen molar-refractivity contribution in [2.75, 3.05) is 6.61 Å². The van der Waals surface area contributed by atoms with Gasteiger partial charge in [-0.15, -0.1) is 0 Å².